The number of nitrogens with one attached hydrogen (secondary N) is 2. The molecule has 0 aliphatic carbocycles. The quantitative estimate of drug-likeness (QED) is 0.504. The standard InChI is InChI=1S/C28H45N3O3/c1-18(2)22(17-19(3)20(4)32)31(11)26(34)24(27(5,6)7)30-25(33)23(29-10)28(8,9)21-15-13-12-14-16-21/h12-18,22-24,29H,1-11H3,(H,30,33)/b19-17+/t22-,23?,24-/m1/s1. The van der Waals surface area contributed by atoms with E-state index in [1.54, 1.807) is 25.9 Å². The fourth-order valence-corrected chi connectivity index (χ4v) is 4.20. The van der Waals surface area contributed by atoms with E-state index in [2.05, 4.69) is 10.6 Å². The molecule has 0 fully saturated rings. The third kappa shape index (κ3) is 7.26. The highest BCUT2D eigenvalue weighted by molar-refractivity contribution is 5.93. The lowest BCUT2D eigenvalue weighted by molar-refractivity contribution is -0.140. The number of amides is 2. The number of carbonyl (C=O) groups is 3. The first-order valence-corrected chi connectivity index (χ1v) is 12.0. The Bertz CT molecular complexity index is 882. The van der Waals surface area contributed by atoms with Crippen LogP contribution in [-0.2, 0) is 19.8 Å². The van der Waals surface area contributed by atoms with Crippen molar-refractivity contribution in [3.05, 3.63) is 47.5 Å². The number of allylic oxidation sites excluding steroid dienone is 1. The molecular formula is C28H45N3O3. The van der Waals surface area contributed by atoms with Gasteiger partial charge in [0.1, 0.15) is 6.04 Å². The van der Waals surface area contributed by atoms with Gasteiger partial charge in [-0.2, -0.15) is 0 Å². The zero-order valence-corrected chi connectivity index (χ0v) is 22.9. The predicted molar refractivity (Wildman–Crippen MR) is 140 cm³/mol. The van der Waals surface area contributed by atoms with Gasteiger partial charge in [-0.05, 0) is 43.4 Å². The number of carbonyl (C=O) groups excluding carboxylic acids is 3. The zero-order chi connectivity index (χ0) is 26.4. The van der Waals surface area contributed by atoms with Crippen LogP contribution in [0.25, 0.3) is 0 Å². The molecule has 0 spiro atoms. The van der Waals surface area contributed by atoms with Crippen molar-refractivity contribution in [2.45, 2.75) is 85.9 Å². The Morgan fingerprint density at radius 2 is 1.47 bits per heavy atom. The van der Waals surface area contributed by atoms with Gasteiger partial charge in [0.25, 0.3) is 0 Å². The molecule has 190 valence electrons. The SMILES string of the molecule is CNC(C(=O)N[C@H](C(=O)N(C)[C@H](/C=C(\C)C(C)=O)C(C)C)C(C)(C)C)C(C)(C)c1ccccc1. The first kappa shape index (κ1) is 29.6. The number of ketones is 1. The molecule has 34 heavy (non-hydrogen) atoms. The number of nitrogens with zero attached hydrogens (tertiary/aromatic N) is 1. The van der Waals surface area contributed by atoms with Crippen LogP contribution < -0.4 is 10.6 Å². The summed E-state index contributed by atoms with van der Waals surface area (Å²) in [5.74, 6) is -0.331. The van der Waals surface area contributed by atoms with Crippen LogP contribution in [-0.4, -0.2) is 54.7 Å². The molecule has 0 radical (unpaired) electrons. The van der Waals surface area contributed by atoms with Crippen LogP contribution in [0, 0.1) is 11.3 Å². The molecule has 2 amide bonds. The van der Waals surface area contributed by atoms with Crippen LogP contribution in [0.3, 0.4) is 0 Å². The highest BCUT2D eigenvalue weighted by Gasteiger charge is 2.41. The van der Waals surface area contributed by atoms with Gasteiger partial charge < -0.3 is 15.5 Å². The Kier molecular flexibility index (Phi) is 10.2. The van der Waals surface area contributed by atoms with Gasteiger partial charge in [0.2, 0.25) is 11.8 Å². The van der Waals surface area contributed by atoms with Crippen LogP contribution >= 0.6 is 0 Å². The van der Waals surface area contributed by atoms with Crippen LogP contribution in [0.1, 0.15) is 67.9 Å². The largest absolute Gasteiger partial charge is 0.342 e. The summed E-state index contributed by atoms with van der Waals surface area (Å²) in [5, 5.41) is 6.22. The summed E-state index contributed by atoms with van der Waals surface area (Å²) in [6, 6.07) is 8.34. The second-order valence-electron chi connectivity index (χ2n) is 11.2. The summed E-state index contributed by atoms with van der Waals surface area (Å²) in [7, 11) is 3.50. The Morgan fingerprint density at radius 1 is 0.941 bits per heavy atom. The van der Waals surface area contributed by atoms with Crippen LogP contribution in [0.2, 0.25) is 0 Å². The fourth-order valence-electron chi connectivity index (χ4n) is 4.20. The minimum atomic E-state index is -0.736. The Labute approximate surface area is 206 Å². The van der Waals surface area contributed by atoms with Gasteiger partial charge in [-0.3, -0.25) is 14.4 Å². The minimum Gasteiger partial charge on any atom is -0.342 e. The molecule has 0 heterocycles. The molecule has 1 rings (SSSR count). The smallest absolute Gasteiger partial charge is 0.245 e. The van der Waals surface area contributed by atoms with E-state index in [1.165, 1.54) is 6.92 Å². The molecular weight excluding hydrogens is 426 g/mol. The maximum Gasteiger partial charge on any atom is 0.245 e. The second kappa shape index (κ2) is 11.8. The van der Waals surface area contributed by atoms with Crippen LogP contribution in [0.4, 0.5) is 0 Å². The van der Waals surface area contributed by atoms with Crippen molar-refractivity contribution in [3.63, 3.8) is 0 Å². The number of likely N-dealkylation sites (N-methyl/N-ethyl adjacent to an activating group) is 2. The maximum atomic E-state index is 13.7. The first-order chi connectivity index (χ1) is 15.5. The molecule has 6 heteroatoms. The zero-order valence-electron chi connectivity index (χ0n) is 22.9. The van der Waals surface area contributed by atoms with Gasteiger partial charge in [-0.1, -0.05) is 84.9 Å². The molecule has 1 aromatic rings. The topological polar surface area (TPSA) is 78.5 Å². The molecule has 0 saturated carbocycles. The monoisotopic (exact) mass is 471 g/mol. The van der Waals surface area contributed by atoms with E-state index in [9.17, 15) is 14.4 Å². The molecule has 3 atom stereocenters. The van der Waals surface area contributed by atoms with Crippen molar-refractivity contribution < 1.29 is 14.4 Å². The molecule has 0 bridgehead atoms. The molecule has 1 aromatic carbocycles. The summed E-state index contributed by atoms with van der Waals surface area (Å²) in [4.78, 5) is 40.8. The highest BCUT2D eigenvalue weighted by atomic mass is 16.2. The third-order valence-electron chi connectivity index (χ3n) is 6.64. The number of benzene rings is 1. The molecule has 0 aromatic heterocycles. The van der Waals surface area contributed by atoms with E-state index < -0.39 is 22.9 Å². The minimum absolute atomic E-state index is 0.0211. The molecule has 2 N–H and O–H groups in total. The van der Waals surface area contributed by atoms with Gasteiger partial charge in [-0.25, -0.2) is 0 Å². The van der Waals surface area contributed by atoms with E-state index in [1.807, 2.05) is 84.9 Å². The van der Waals surface area contributed by atoms with Gasteiger partial charge in [0.05, 0.1) is 12.1 Å². The Balaban J connectivity index is 3.29. The van der Waals surface area contributed by atoms with Crippen molar-refractivity contribution in [2.75, 3.05) is 14.1 Å². The molecule has 0 saturated heterocycles. The van der Waals surface area contributed by atoms with Crippen molar-refractivity contribution in [3.8, 4) is 0 Å². The van der Waals surface area contributed by atoms with Crippen molar-refractivity contribution in [2.24, 2.45) is 11.3 Å². The molecule has 0 aliphatic rings. The third-order valence-corrected chi connectivity index (χ3v) is 6.64. The number of Topliss-reactive ketones (excluding diaryl/α,β-unsaturated/α-hetero) is 1. The maximum absolute atomic E-state index is 13.7. The van der Waals surface area contributed by atoms with Crippen LogP contribution in [0.5, 0.6) is 0 Å². The van der Waals surface area contributed by atoms with Crippen molar-refractivity contribution >= 4 is 17.6 Å². The van der Waals surface area contributed by atoms with E-state index in [-0.39, 0.29) is 29.6 Å². The van der Waals surface area contributed by atoms with E-state index in [4.69, 9.17) is 0 Å². The average molecular weight is 472 g/mol. The number of rotatable bonds is 10. The Hall–Kier alpha value is -2.47. The first-order valence-electron chi connectivity index (χ1n) is 12.0. The number of hydrogen-bond donors (Lipinski definition) is 2. The number of hydrogen-bond acceptors (Lipinski definition) is 4. The highest BCUT2D eigenvalue weighted by Crippen LogP contribution is 2.29. The average Bonchev–Trinajstić information content (AvgIpc) is 2.74. The van der Waals surface area contributed by atoms with Crippen molar-refractivity contribution in [1.82, 2.24) is 15.5 Å². The lowest BCUT2D eigenvalue weighted by atomic mass is 9.76. The summed E-state index contributed by atoms with van der Waals surface area (Å²) < 4.78 is 0. The summed E-state index contributed by atoms with van der Waals surface area (Å²) in [6.45, 7) is 17.2. The summed E-state index contributed by atoms with van der Waals surface area (Å²) >= 11 is 0. The normalized spacial score (nSPS) is 15.5. The van der Waals surface area contributed by atoms with Crippen LogP contribution in [0.15, 0.2) is 42.0 Å². The van der Waals surface area contributed by atoms with E-state index in [0.717, 1.165) is 5.56 Å². The summed E-state index contributed by atoms with van der Waals surface area (Å²) in [5.41, 5.74) is 0.635. The molecule has 0 aliphatic heterocycles. The van der Waals surface area contributed by atoms with E-state index >= 15 is 0 Å². The lowest BCUT2D eigenvalue weighted by Crippen LogP contribution is -2.61. The van der Waals surface area contributed by atoms with Gasteiger partial charge >= 0.3 is 0 Å². The van der Waals surface area contributed by atoms with E-state index in [0.29, 0.717) is 5.57 Å². The molecule has 1 unspecified atom stereocenters. The Morgan fingerprint density at radius 3 is 1.88 bits per heavy atom. The second-order valence-corrected chi connectivity index (χ2v) is 11.2. The lowest BCUT2D eigenvalue weighted by Gasteiger charge is -2.40. The van der Waals surface area contributed by atoms with Gasteiger partial charge in [0, 0.05) is 12.5 Å². The van der Waals surface area contributed by atoms with Gasteiger partial charge in [0.15, 0.2) is 5.78 Å². The summed E-state index contributed by atoms with van der Waals surface area (Å²) in [6.07, 6.45) is 1.85. The van der Waals surface area contributed by atoms with Crippen molar-refractivity contribution in [1.29, 1.82) is 0 Å². The predicted octanol–water partition coefficient (Wildman–Crippen LogP) is 4.10. The van der Waals surface area contributed by atoms with Gasteiger partial charge in [-0.15, -0.1) is 0 Å². The molecule has 6 nitrogen and oxygen atoms in total. The fraction of sp³-hybridized carbons (Fsp3) is 0.607.